The second-order valence-electron chi connectivity index (χ2n) is 5.99. The summed E-state index contributed by atoms with van der Waals surface area (Å²) in [6.07, 6.45) is 0. The Bertz CT molecular complexity index is 1300. The Morgan fingerprint density at radius 1 is 1.04 bits per heavy atom. The third kappa shape index (κ3) is 2.70. The molecule has 0 fully saturated rings. The van der Waals surface area contributed by atoms with Crippen molar-refractivity contribution in [3.05, 3.63) is 76.2 Å². The molecule has 0 atom stereocenters. The summed E-state index contributed by atoms with van der Waals surface area (Å²) < 4.78 is 24.3. The summed E-state index contributed by atoms with van der Waals surface area (Å²) >= 11 is 0. The maximum Gasteiger partial charge on any atom is 0.381 e. The Labute approximate surface area is 159 Å². The predicted molar refractivity (Wildman–Crippen MR) is 104 cm³/mol. The molecule has 9 heteroatoms. The highest BCUT2D eigenvalue weighted by atomic mass is 31.2. The van der Waals surface area contributed by atoms with E-state index in [2.05, 4.69) is 10.1 Å². The van der Waals surface area contributed by atoms with Gasteiger partial charge in [0.05, 0.1) is 16.6 Å². The molecule has 0 bridgehead atoms. The van der Waals surface area contributed by atoms with Crippen molar-refractivity contribution in [1.29, 1.82) is 0 Å². The lowest BCUT2D eigenvalue weighted by Gasteiger charge is -2.12. The fourth-order valence-corrected chi connectivity index (χ4v) is 4.33. The fraction of sp³-hybridized carbons (Fsp3) is 0.105. The van der Waals surface area contributed by atoms with Crippen molar-refractivity contribution in [1.82, 2.24) is 14.6 Å². The van der Waals surface area contributed by atoms with Gasteiger partial charge in [0, 0.05) is 25.2 Å². The average molecular weight is 397 g/mol. The highest BCUT2D eigenvalue weighted by molar-refractivity contribution is 7.62. The van der Waals surface area contributed by atoms with E-state index in [1.165, 1.54) is 14.2 Å². The summed E-state index contributed by atoms with van der Waals surface area (Å²) in [5, 5.41) is 4.74. The standard InChI is InChI=1S/C19H16N3O5P/c1-26-28(25,27-2)18-15(17(23)12-8-4-3-5-9-12)16-13-10-6-7-11-14(13)20-19(24)22(16)21-18/h3-11H,1-2H3,(H,20,24). The van der Waals surface area contributed by atoms with Crippen LogP contribution in [0.5, 0.6) is 0 Å². The molecule has 4 aromatic rings. The van der Waals surface area contributed by atoms with Gasteiger partial charge in [-0.15, -0.1) is 0 Å². The van der Waals surface area contributed by atoms with Crippen LogP contribution in [0.15, 0.2) is 59.4 Å². The number of hydrogen-bond acceptors (Lipinski definition) is 6. The first kappa shape index (κ1) is 18.3. The first-order chi connectivity index (χ1) is 13.5. The number of nitrogens with one attached hydrogen (secondary N) is 1. The molecule has 1 N–H and O–H groups in total. The molecule has 0 saturated heterocycles. The van der Waals surface area contributed by atoms with Gasteiger partial charge < -0.3 is 14.0 Å². The third-order valence-corrected chi connectivity index (χ3v) is 6.28. The van der Waals surface area contributed by atoms with Crippen molar-refractivity contribution in [2.45, 2.75) is 0 Å². The van der Waals surface area contributed by atoms with E-state index in [9.17, 15) is 14.2 Å². The molecule has 4 rings (SSSR count). The number of rotatable bonds is 5. The molecule has 0 radical (unpaired) electrons. The van der Waals surface area contributed by atoms with Gasteiger partial charge in [-0.3, -0.25) is 9.36 Å². The SMILES string of the molecule is COP(=O)(OC)c1nn2c(=O)[nH]c3ccccc3c2c1C(=O)c1ccccc1. The number of para-hydroxylation sites is 1. The van der Waals surface area contributed by atoms with Gasteiger partial charge in [0.15, 0.2) is 11.2 Å². The minimum atomic E-state index is -3.92. The molecular weight excluding hydrogens is 381 g/mol. The summed E-state index contributed by atoms with van der Waals surface area (Å²) in [7, 11) is -1.52. The van der Waals surface area contributed by atoms with Gasteiger partial charge in [-0.2, -0.15) is 9.61 Å². The van der Waals surface area contributed by atoms with Gasteiger partial charge in [0.2, 0.25) is 0 Å². The minimum absolute atomic E-state index is 0.0144. The number of H-pyrrole nitrogens is 1. The Morgan fingerprint density at radius 3 is 2.36 bits per heavy atom. The van der Waals surface area contributed by atoms with Crippen LogP contribution in [0.1, 0.15) is 15.9 Å². The third-order valence-electron chi connectivity index (χ3n) is 4.49. The number of fused-ring (bicyclic) bond motifs is 3. The van der Waals surface area contributed by atoms with Crippen molar-refractivity contribution < 1.29 is 18.4 Å². The molecule has 0 aliphatic rings. The van der Waals surface area contributed by atoms with E-state index in [0.29, 0.717) is 16.5 Å². The van der Waals surface area contributed by atoms with Crippen molar-refractivity contribution in [2.24, 2.45) is 0 Å². The molecule has 0 saturated carbocycles. The maximum atomic E-state index is 13.4. The van der Waals surface area contributed by atoms with Crippen LogP contribution >= 0.6 is 7.60 Å². The lowest BCUT2D eigenvalue weighted by atomic mass is 10.0. The van der Waals surface area contributed by atoms with E-state index in [1.54, 1.807) is 54.6 Å². The van der Waals surface area contributed by atoms with Gasteiger partial charge in [0.1, 0.15) is 0 Å². The van der Waals surface area contributed by atoms with Crippen molar-refractivity contribution in [2.75, 3.05) is 14.2 Å². The number of aromatic nitrogens is 3. The number of aromatic amines is 1. The zero-order valence-electron chi connectivity index (χ0n) is 15.1. The highest BCUT2D eigenvalue weighted by Gasteiger charge is 2.37. The largest absolute Gasteiger partial charge is 0.381 e. The second kappa shape index (κ2) is 6.83. The molecular formula is C19H16N3O5P. The number of nitrogens with zero attached hydrogens (tertiary/aromatic N) is 2. The topological polar surface area (TPSA) is 103 Å². The van der Waals surface area contributed by atoms with Crippen LogP contribution in [0.2, 0.25) is 0 Å². The van der Waals surface area contributed by atoms with Crippen LogP contribution < -0.4 is 11.1 Å². The normalized spacial score (nSPS) is 11.9. The molecule has 142 valence electrons. The Morgan fingerprint density at radius 2 is 1.68 bits per heavy atom. The number of ketones is 1. The van der Waals surface area contributed by atoms with Crippen LogP contribution in [-0.2, 0) is 13.6 Å². The Balaban J connectivity index is 2.20. The second-order valence-corrected chi connectivity index (χ2v) is 8.14. The van der Waals surface area contributed by atoms with E-state index < -0.39 is 19.1 Å². The minimum Gasteiger partial charge on any atom is -0.307 e. The summed E-state index contributed by atoms with van der Waals surface area (Å²) in [5.74, 6) is -0.435. The molecule has 28 heavy (non-hydrogen) atoms. The molecule has 0 aliphatic heterocycles. The zero-order valence-corrected chi connectivity index (χ0v) is 16.0. The van der Waals surface area contributed by atoms with E-state index >= 15 is 0 Å². The molecule has 0 aliphatic carbocycles. The highest BCUT2D eigenvalue weighted by Crippen LogP contribution is 2.46. The summed E-state index contributed by atoms with van der Waals surface area (Å²) in [6.45, 7) is 0. The van der Waals surface area contributed by atoms with Gasteiger partial charge in [0.25, 0.3) is 0 Å². The molecule has 2 aromatic heterocycles. The molecule has 2 heterocycles. The molecule has 0 unspecified atom stereocenters. The van der Waals surface area contributed by atoms with Crippen LogP contribution in [0.3, 0.4) is 0 Å². The van der Waals surface area contributed by atoms with E-state index in [0.717, 1.165) is 4.52 Å². The molecule has 0 amide bonds. The monoisotopic (exact) mass is 397 g/mol. The van der Waals surface area contributed by atoms with Crippen molar-refractivity contribution in [3.63, 3.8) is 0 Å². The first-order valence-electron chi connectivity index (χ1n) is 8.35. The van der Waals surface area contributed by atoms with Gasteiger partial charge in [-0.05, 0) is 6.07 Å². The summed E-state index contributed by atoms with van der Waals surface area (Å²) in [4.78, 5) is 28.7. The van der Waals surface area contributed by atoms with Crippen LogP contribution in [-0.4, -0.2) is 34.6 Å². The van der Waals surface area contributed by atoms with E-state index in [1.807, 2.05) is 0 Å². The number of hydrogen-bond donors (Lipinski definition) is 1. The van der Waals surface area contributed by atoms with Crippen LogP contribution in [0, 0.1) is 0 Å². The Hall–Kier alpha value is -3.06. The number of benzene rings is 2. The van der Waals surface area contributed by atoms with Gasteiger partial charge in [-0.25, -0.2) is 4.79 Å². The predicted octanol–water partition coefficient (Wildman–Crippen LogP) is 2.52. The lowest BCUT2D eigenvalue weighted by molar-refractivity contribution is 0.104. The maximum absolute atomic E-state index is 13.4. The van der Waals surface area contributed by atoms with E-state index in [4.69, 9.17) is 9.05 Å². The summed E-state index contributed by atoms with van der Waals surface area (Å²) in [5.41, 5.74) is 0.382. The van der Waals surface area contributed by atoms with Crippen LogP contribution in [0.25, 0.3) is 16.4 Å². The number of carbonyl (C=O) groups is 1. The zero-order chi connectivity index (χ0) is 19.9. The van der Waals surface area contributed by atoms with Crippen LogP contribution in [0.4, 0.5) is 0 Å². The van der Waals surface area contributed by atoms with Crippen molar-refractivity contribution >= 4 is 35.2 Å². The molecule has 2 aromatic carbocycles. The van der Waals surface area contributed by atoms with E-state index in [-0.39, 0.29) is 16.5 Å². The molecule has 8 nitrogen and oxygen atoms in total. The number of carbonyl (C=O) groups excluding carboxylic acids is 1. The average Bonchev–Trinajstić information content (AvgIpc) is 3.15. The molecule has 0 spiro atoms. The smallest absolute Gasteiger partial charge is 0.307 e. The van der Waals surface area contributed by atoms with Gasteiger partial charge >= 0.3 is 13.3 Å². The van der Waals surface area contributed by atoms with Gasteiger partial charge in [-0.1, -0.05) is 48.5 Å². The Kier molecular flexibility index (Phi) is 4.47. The first-order valence-corrected chi connectivity index (χ1v) is 9.90. The fourth-order valence-electron chi connectivity index (χ4n) is 3.15. The van der Waals surface area contributed by atoms with Crippen molar-refractivity contribution in [3.8, 4) is 0 Å². The quantitative estimate of drug-likeness (QED) is 0.410. The summed E-state index contributed by atoms with van der Waals surface area (Å²) in [6, 6.07) is 15.5. The lowest BCUT2D eigenvalue weighted by Crippen LogP contribution is -2.20.